The lowest BCUT2D eigenvalue weighted by molar-refractivity contribution is 0.0941. The van der Waals surface area contributed by atoms with E-state index in [2.05, 4.69) is 27.9 Å². The van der Waals surface area contributed by atoms with Crippen LogP contribution < -0.4 is 10.1 Å². The Labute approximate surface area is 153 Å². The highest BCUT2D eigenvalue weighted by molar-refractivity contribution is 14.1. The fourth-order valence-electron chi connectivity index (χ4n) is 2.91. The number of fused-ring (bicyclic) bond motifs is 2. The molecule has 1 heterocycles. The Morgan fingerprint density at radius 3 is 2.12 bits per heavy atom. The quantitative estimate of drug-likeness (QED) is 0.590. The average molecular weight is 427 g/mol. The van der Waals surface area contributed by atoms with E-state index in [0.29, 0.717) is 5.56 Å². The normalized spacial score (nSPS) is 12.7. The Morgan fingerprint density at radius 1 is 0.875 bits per heavy atom. The van der Waals surface area contributed by atoms with Gasteiger partial charge in [-0.3, -0.25) is 4.79 Å². The summed E-state index contributed by atoms with van der Waals surface area (Å²) in [6.45, 7) is 0. The van der Waals surface area contributed by atoms with Crippen molar-refractivity contribution < 1.29 is 9.53 Å². The van der Waals surface area contributed by atoms with Crippen LogP contribution in [0.1, 0.15) is 27.5 Å². The lowest BCUT2D eigenvalue weighted by Crippen LogP contribution is -2.31. The summed E-state index contributed by atoms with van der Waals surface area (Å²) in [5.74, 6) is 1.47. The maximum absolute atomic E-state index is 12.7. The van der Waals surface area contributed by atoms with E-state index in [0.717, 1.165) is 26.2 Å². The lowest BCUT2D eigenvalue weighted by atomic mass is 9.94. The first-order chi connectivity index (χ1) is 11.7. The highest BCUT2D eigenvalue weighted by Gasteiger charge is 2.28. The van der Waals surface area contributed by atoms with Crippen LogP contribution >= 0.6 is 22.6 Å². The van der Waals surface area contributed by atoms with Crippen molar-refractivity contribution in [2.45, 2.75) is 6.04 Å². The second-order valence-electron chi connectivity index (χ2n) is 5.59. The zero-order valence-electron chi connectivity index (χ0n) is 12.7. The van der Waals surface area contributed by atoms with Crippen LogP contribution in [0.15, 0.2) is 72.8 Å². The van der Waals surface area contributed by atoms with Gasteiger partial charge in [0.25, 0.3) is 5.91 Å². The third-order valence-corrected chi connectivity index (χ3v) is 4.71. The molecule has 24 heavy (non-hydrogen) atoms. The van der Waals surface area contributed by atoms with Gasteiger partial charge in [-0.2, -0.15) is 0 Å². The molecule has 0 atom stereocenters. The summed E-state index contributed by atoms with van der Waals surface area (Å²) in [5.41, 5.74) is 2.59. The van der Waals surface area contributed by atoms with Gasteiger partial charge in [-0.05, 0) is 52.9 Å². The van der Waals surface area contributed by atoms with E-state index < -0.39 is 0 Å². The number of amides is 1. The van der Waals surface area contributed by atoms with Gasteiger partial charge in [-0.1, -0.05) is 42.5 Å². The molecule has 0 bridgehead atoms. The van der Waals surface area contributed by atoms with Gasteiger partial charge in [-0.25, -0.2) is 0 Å². The molecule has 4 rings (SSSR count). The fourth-order valence-corrected chi connectivity index (χ4v) is 3.45. The summed E-state index contributed by atoms with van der Waals surface area (Å²) in [6.07, 6.45) is 0. The van der Waals surface area contributed by atoms with E-state index in [1.165, 1.54) is 0 Å². The average Bonchev–Trinajstić information content (AvgIpc) is 2.61. The first-order valence-corrected chi connectivity index (χ1v) is 8.72. The Kier molecular flexibility index (Phi) is 3.98. The smallest absolute Gasteiger partial charge is 0.252 e. The van der Waals surface area contributed by atoms with Crippen LogP contribution in [-0.2, 0) is 0 Å². The molecule has 3 aromatic carbocycles. The number of carbonyl (C=O) groups excluding carboxylic acids is 1. The minimum Gasteiger partial charge on any atom is -0.457 e. The summed E-state index contributed by atoms with van der Waals surface area (Å²) in [6, 6.07) is 23.0. The van der Waals surface area contributed by atoms with Gasteiger partial charge in [0.05, 0.1) is 6.04 Å². The SMILES string of the molecule is O=C(NC1c2ccccc2Oc2ccccc21)c1cccc(I)c1. The van der Waals surface area contributed by atoms with Crippen molar-refractivity contribution in [3.05, 3.63) is 93.1 Å². The van der Waals surface area contributed by atoms with Gasteiger partial charge < -0.3 is 10.1 Å². The number of benzene rings is 3. The van der Waals surface area contributed by atoms with Crippen molar-refractivity contribution in [1.82, 2.24) is 5.32 Å². The van der Waals surface area contributed by atoms with Crippen molar-refractivity contribution >= 4 is 28.5 Å². The summed E-state index contributed by atoms with van der Waals surface area (Å²) in [5, 5.41) is 3.15. The Bertz CT molecular complexity index is 877. The molecule has 1 aliphatic heterocycles. The van der Waals surface area contributed by atoms with Crippen LogP contribution in [0.25, 0.3) is 0 Å². The molecular formula is C20H14INO2. The molecule has 0 aromatic heterocycles. The predicted octanol–water partition coefficient (Wildman–Crippen LogP) is 4.92. The lowest BCUT2D eigenvalue weighted by Gasteiger charge is -2.28. The van der Waals surface area contributed by atoms with E-state index in [1.54, 1.807) is 0 Å². The molecule has 1 N–H and O–H groups in total. The Morgan fingerprint density at radius 2 is 1.50 bits per heavy atom. The summed E-state index contributed by atoms with van der Waals surface area (Å²) in [7, 11) is 0. The molecule has 4 heteroatoms. The molecule has 1 aliphatic rings. The van der Waals surface area contributed by atoms with Crippen molar-refractivity contribution in [2.75, 3.05) is 0 Å². The van der Waals surface area contributed by atoms with E-state index in [1.807, 2.05) is 72.8 Å². The van der Waals surface area contributed by atoms with Crippen LogP contribution in [0.2, 0.25) is 0 Å². The molecule has 3 nitrogen and oxygen atoms in total. The minimum atomic E-state index is -0.225. The Balaban J connectivity index is 1.73. The maximum atomic E-state index is 12.7. The number of hydrogen-bond acceptors (Lipinski definition) is 2. The summed E-state index contributed by atoms with van der Waals surface area (Å²) >= 11 is 2.21. The molecule has 0 aliphatic carbocycles. The molecule has 0 saturated heterocycles. The monoisotopic (exact) mass is 427 g/mol. The van der Waals surface area contributed by atoms with Gasteiger partial charge in [0.15, 0.2) is 0 Å². The van der Waals surface area contributed by atoms with Gasteiger partial charge in [-0.15, -0.1) is 0 Å². The first-order valence-electron chi connectivity index (χ1n) is 7.64. The number of rotatable bonds is 2. The molecular weight excluding hydrogens is 413 g/mol. The zero-order chi connectivity index (χ0) is 16.5. The van der Waals surface area contributed by atoms with Crippen molar-refractivity contribution in [2.24, 2.45) is 0 Å². The number of nitrogens with one attached hydrogen (secondary N) is 1. The van der Waals surface area contributed by atoms with E-state index >= 15 is 0 Å². The van der Waals surface area contributed by atoms with E-state index in [4.69, 9.17) is 4.74 Å². The third kappa shape index (κ3) is 2.78. The van der Waals surface area contributed by atoms with Gasteiger partial charge in [0.2, 0.25) is 0 Å². The van der Waals surface area contributed by atoms with Gasteiger partial charge in [0.1, 0.15) is 11.5 Å². The van der Waals surface area contributed by atoms with Crippen molar-refractivity contribution in [3.63, 3.8) is 0 Å². The number of halogens is 1. The maximum Gasteiger partial charge on any atom is 0.252 e. The molecule has 0 spiro atoms. The second kappa shape index (κ2) is 6.28. The molecule has 0 radical (unpaired) electrons. The van der Waals surface area contributed by atoms with E-state index in [-0.39, 0.29) is 11.9 Å². The molecule has 0 unspecified atom stereocenters. The standard InChI is InChI=1S/C20H14INO2/c21-14-7-5-6-13(12-14)20(23)22-19-15-8-1-3-10-17(15)24-18-11-4-2-9-16(18)19/h1-12,19H,(H,22,23). The first kappa shape index (κ1) is 15.2. The van der Waals surface area contributed by atoms with Crippen LogP contribution in [-0.4, -0.2) is 5.91 Å². The summed E-state index contributed by atoms with van der Waals surface area (Å²) < 4.78 is 7.00. The number of hydrogen-bond donors (Lipinski definition) is 1. The Hall–Kier alpha value is -2.34. The minimum absolute atomic E-state index is 0.0926. The van der Waals surface area contributed by atoms with E-state index in [9.17, 15) is 4.79 Å². The zero-order valence-corrected chi connectivity index (χ0v) is 14.9. The van der Waals surface area contributed by atoms with Crippen LogP contribution in [0, 0.1) is 3.57 Å². The highest BCUT2D eigenvalue weighted by atomic mass is 127. The van der Waals surface area contributed by atoms with Crippen molar-refractivity contribution in [1.29, 1.82) is 0 Å². The largest absolute Gasteiger partial charge is 0.457 e. The number of ether oxygens (including phenoxy) is 1. The van der Waals surface area contributed by atoms with Crippen LogP contribution in [0.4, 0.5) is 0 Å². The number of carbonyl (C=O) groups is 1. The molecule has 118 valence electrons. The number of para-hydroxylation sites is 2. The van der Waals surface area contributed by atoms with Crippen LogP contribution in [0.5, 0.6) is 11.5 Å². The van der Waals surface area contributed by atoms with Gasteiger partial charge >= 0.3 is 0 Å². The van der Waals surface area contributed by atoms with Gasteiger partial charge in [0, 0.05) is 20.3 Å². The molecule has 1 amide bonds. The molecule has 0 saturated carbocycles. The van der Waals surface area contributed by atoms with Crippen molar-refractivity contribution in [3.8, 4) is 11.5 Å². The predicted molar refractivity (Wildman–Crippen MR) is 101 cm³/mol. The van der Waals surface area contributed by atoms with Crippen LogP contribution in [0.3, 0.4) is 0 Å². The summed E-state index contributed by atoms with van der Waals surface area (Å²) in [4.78, 5) is 12.7. The third-order valence-electron chi connectivity index (χ3n) is 4.04. The fraction of sp³-hybridized carbons (Fsp3) is 0.0500. The molecule has 0 fully saturated rings. The topological polar surface area (TPSA) is 38.3 Å². The highest BCUT2D eigenvalue weighted by Crippen LogP contribution is 2.42. The molecule has 3 aromatic rings. The second-order valence-corrected chi connectivity index (χ2v) is 6.84.